The summed E-state index contributed by atoms with van der Waals surface area (Å²) in [7, 11) is 0. The van der Waals surface area contributed by atoms with Crippen molar-refractivity contribution in [3.63, 3.8) is 0 Å². The quantitative estimate of drug-likeness (QED) is 0.933. The molecule has 1 aromatic carbocycles. The highest BCUT2D eigenvalue weighted by atomic mass is 32.1. The molecule has 1 N–H and O–H groups in total. The Balaban J connectivity index is 1.81. The number of carbonyl (C=O) groups is 1. The van der Waals surface area contributed by atoms with Gasteiger partial charge in [0.15, 0.2) is 0 Å². The van der Waals surface area contributed by atoms with Crippen molar-refractivity contribution in [2.45, 2.75) is 31.7 Å². The summed E-state index contributed by atoms with van der Waals surface area (Å²) in [6.45, 7) is 2.00. The van der Waals surface area contributed by atoms with Crippen LogP contribution >= 0.6 is 11.3 Å². The van der Waals surface area contributed by atoms with Crippen LogP contribution in [0.15, 0.2) is 35.7 Å². The molecule has 19 heavy (non-hydrogen) atoms. The Labute approximate surface area is 116 Å². The van der Waals surface area contributed by atoms with Gasteiger partial charge in [0, 0.05) is 29.5 Å². The Morgan fingerprint density at radius 2 is 2.16 bits per heavy atom. The highest BCUT2D eigenvalue weighted by Crippen LogP contribution is 2.32. The maximum Gasteiger partial charge on any atom is 0.221 e. The van der Waals surface area contributed by atoms with Crippen LogP contribution in [0.1, 0.15) is 28.6 Å². The van der Waals surface area contributed by atoms with Gasteiger partial charge in [-0.15, -0.1) is 11.3 Å². The van der Waals surface area contributed by atoms with Crippen molar-refractivity contribution in [3.8, 4) is 0 Å². The largest absolute Gasteiger partial charge is 0.352 e. The van der Waals surface area contributed by atoms with Gasteiger partial charge >= 0.3 is 0 Å². The summed E-state index contributed by atoms with van der Waals surface area (Å²) in [5, 5.41) is 6.22. The van der Waals surface area contributed by atoms with Gasteiger partial charge < -0.3 is 5.32 Å². The minimum atomic E-state index is 0.138. The second-order valence-electron chi connectivity index (χ2n) is 5.00. The van der Waals surface area contributed by atoms with E-state index in [1.54, 1.807) is 11.3 Å². The highest BCUT2D eigenvalue weighted by molar-refractivity contribution is 7.09. The third-order valence-electron chi connectivity index (χ3n) is 3.49. The average molecular weight is 272 g/mol. The van der Waals surface area contributed by atoms with Gasteiger partial charge in [0.2, 0.25) is 5.91 Å². The van der Waals surface area contributed by atoms with E-state index in [4.69, 9.17) is 0 Å². The summed E-state index contributed by atoms with van der Waals surface area (Å²) in [6.07, 6.45) is 1.43. The molecule has 2 atom stereocenters. The summed E-state index contributed by atoms with van der Waals surface area (Å²) in [6, 6.07) is 10.5. The molecular weight excluding hydrogens is 256 g/mol. The third kappa shape index (κ3) is 2.68. The summed E-state index contributed by atoms with van der Waals surface area (Å²) < 4.78 is 0. The van der Waals surface area contributed by atoms with Gasteiger partial charge in [-0.25, -0.2) is 4.98 Å². The van der Waals surface area contributed by atoms with Gasteiger partial charge in [-0.3, -0.25) is 4.79 Å². The Morgan fingerprint density at radius 3 is 2.84 bits per heavy atom. The maximum absolute atomic E-state index is 11.7. The van der Waals surface area contributed by atoms with E-state index < -0.39 is 0 Å². The molecule has 1 aromatic heterocycles. The molecule has 2 heterocycles. The molecule has 1 aliphatic rings. The fourth-order valence-electron chi connectivity index (χ4n) is 2.57. The molecule has 3 nitrogen and oxygen atoms in total. The van der Waals surface area contributed by atoms with Crippen LogP contribution < -0.4 is 5.32 Å². The van der Waals surface area contributed by atoms with Crippen LogP contribution in [0.4, 0.5) is 0 Å². The predicted octanol–water partition coefficient (Wildman–Crippen LogP) is 2.67. The topological polar surface area (TPSA) is 42.0 Å². The van der Waals surface area contributed by atoms with E-state index in [1.807, 2.05) is 25.1 Å². The molecule has 2 aromatic rings. The number of aromatic nitrogens is 1. The fraction of sp³-hybridized carbons (Fsp3) is 0.333. The molecule has 3 rings (SSSR count). The summed E-state index contributed by atoms with van der Waals surface area (Å²) in [5.41, 5.74) is 2.30. The van der Waals surface area contributed by atoms with E-state index in [9.17, 15) is 4.79 Å². The summed E-state index contributed by atoms with van der Waals surface area (Å²) in [5.74, 6) is 0.352. The van der Waals surface area contributed by atoms with Crippen LogP contribution in [-0.2, 0) is 11.2 Å². The van der Waals surface area contributed by atoms with Crippen molar-refractivity contribution >= 4 is 17.2 Å². The lowest BCUT2D eigenvalue weighted by molar-refractivity contribution is -0.119. The lowest BCUT2D eigenvalue weighted by Gasteiger charge is -2.16. The molecule has 2 unspecified atom stereocenters. The number of hydrogen-bond donors (Lipinski definition) is 1. The first-order chi connectivity index (χ1) is 9.22. The first-order valence-corrected chi connectivity index (χ1v) is 7.35. The van der Waals surface area contributed by atoms with E-state index in [0.717, 1.165) is 17.1 Å². The van der Waals surface area contributed by atoms with E-state index in [0.29, 0.717) is 6.42 Å². The monoisotopic (exact) mass is 272 g/mol. The SMILES string of the molecule is Cc1csc(C2CC(=O)NC2Cc2ccccc2)n1. The van der Waals surface area contributed by atoms with Gasteiger partial charge in [0.05, 0.1) is 5.01 Å². The number of carbonyl (C=O) groups excluding carboxylic acids is 1. The van der Waals surface area contributed by atoms with E-state index in [2.05, 4.69) is 27.8 Å². The number of aryl methyl sites for hydroxylation is 1. The van der Waals surface area contributed by atoms with Crippen LogP contribution in [0.25, 0.3) is 0 Å². The standard InChI is InChI=1S/C15H16N2OS/c1-10-9-19-15(16-10)12-8-14(18)17-13(12)7-11-5-3-2-4-6-11/h2-6,9,12-13H,7-8H2,1H3,(H,17,18). The van der Waals surface area contributed by atoms with Crippen LogP contribution in [0.3, 0.4) is 0 Å². The Hall–Kier alpha value is -1.68. The van der Waals surface area contributed by atoms with Crippen LogP contribution in [-0.4, -0.2) is 16.9 Å². The van der Waals surface area contributed by atoms with Crippen molar-refractivity contribution in [2.24, 2.45) is 0 Å². The van der Waals surface area contributed by atoms with Crippen molar-refractivity contribution in [3.05, 3.63) is 52.0 Å². The van der Waals surface area contributed by atoms with Gasteiger partial charge in [-0.2, -0.15) is 0 Å². The average Bonchev–Trinajstić information content (AvgIpc) is 2.97. The molecule has 0 bridgehead atoms. The molecule has 1 aliphatic heterocycles. The van der Waals surface area contributed by atoms with Crippen molar-refractivity contribution in [1.29, 1.82) is 0 Å². The van der Waals surface area contributed by atoms with Crippen molar-refractivity contribution in [2.75, 3.05) is 0 Å². The van der Waals surface area contributed by atoms with Crippen LogP contribution in [0.2, 0.25) is 0 Å². The second kappa shape index (κ2) is 5.13. The second-order valence-corrected chi connectivity index (χ2v) is 5.89. The normalized spacial score (nSPS) is 22.5. The molecule has 0 radical (unpaired) electrons. The van der Waals surface area contributed by atoms with Crippen LogP contribution in [0.5, 0.6) is 0 Å². The number of amides is 1. The molecule has 1 saturated heterocycles. The number of thiazole rings is 1. The molecule has 0 aliphatic carbocycles. The number of hydrogen-bond acceptors (Lipinski definition) is 3. The lowest BCUT2D eigenvalue weighted by atomic mass is 9.95. The first-order valence-electron chi connectivity index (χ1n) is 6.47. The number of nitrogens with one attached hydrogen (secondary N) is 1. The third-order valence-corrected chi connectivity index (χ3v) is 4.58. The minimum Gasteiger partial charge on any atom is -0.352 e. The molecule has 4 heteroatoms. The van der Waals surface area contributed by atoms with Gasteiger partial charge in [0.1, 0.15) is 0 Å². The molecular formula is C15H16N2OS. The predicted molar refractivity (Wildman–Crippen MR) is 76.3 cm³/mol. The molecule has 1 amide bonds. The molecule has 98 valence electrons. The number of nitrogens with zero attached hydrogens (tertiary/aromatic N) is 1. The van der Waals surface area contributed by atoms with Crippen molar-refractivity contribution < 1.29 is 4.79 Å². The van der Waals surface area contributed by atoms with E-state index >= 15 is 0 Å². The van der Waals surface area contributed by atoms with Gasteiger partial charge in [-0.05, 0) is 18.9 Å². The number of rotatable bonds is 3. The van der Waals surface area contributed by atoms with E-state index in [-0.39, 0.29) is 17.9 Å². The fourth-order valence-corrected chi connectivity index (χ4v) is 3.53. The molecule has 0 spiro atoms. The Kier molecular flexibility index (Phi) is 3.34. The molecule has 1 fully saturated rings. The lowest BCUT2D eigenvalue weighted by Crippen LogP contribution is -2.30. The summed E-state index contributed by atoms with van der Waals surface area (Å²) in [4.78, 5) is 16.2. The minimum absolute atomic E-state index is 0.138. The van der Waals surface area contributed by atoms with Crippen LogP contribution in [0, 0.1) is 6.92 Å². The smallest absolute Gasteiger partial charge is 0.221 e. The van der Waals surface area contributed by atoms with Crippen molar-refractivity contribution in [1.82, 2.24) is 10.3 Å². The first kappa shape index (κ1) is 12.4. The zero-order chi connectivity index (χ0) is 13.2. The van der Waals surface area contributed by atoms with E-state index in [1.165, 1.54) is 5.56 Å². The zero-order valence-corrected chi connectivity index (χ0v) is 11.6. The Bertz CT molecular complexity index is 579. The highest BCUT2D eigenvalue weighted by Gasteiger charge is 2.35. The van der Waals surface area contributed by atoms with Gasteiger partial charge in [-0.1, -0.05) is 30.3 Å². The zero-order valence-electron chi connectivity index (χ0n) is 10.8. The maximum atomic E-state index is 11.7. The summed E-state index contributed by atoms with van der Waals surface area (Å²) >= 11 is 1.66. The molecule has 0 saturated carbocycles. The Morgan fingerprint density at radius 1 is 1.37 bits per heavy atom. The number of benzene rings is 1. The van der Waals surface area contributed by atoms with Gasteiger partial charge in [0.25, 0.3) is 0 Å².